The molecule has 0 fully saturated rings. The van der Waals surface area contributed by atoms with Crippen molar-refractivity contribution in [1.82, 2.24) is 9.78 Å². The molecule has 1 aromatic rings. The molecule has 0 amide bonds. The molecule has 0 saturated carbocycles. The lowest BCUT2D eigenvalue weighted by atomic mass is 10.3. The average Bonchev–Trinajstić information content (AvgIpc) is 2.51. The van der Waals surface area contributed by atoms with Gasteiger partial charge in [-0.05, 0) is 6.92 Å². The molecule has 1 heterocycles. The van der Waals surface area contributed by atoms with Gasteiger partial charge >= 0.3 is 6.18 Å². The second-order valence-electron chi connectivity index (χ2n) is 2.39. The summed E-state index contributed by atoms with van der Waals surface area (Å²) in [5, 5.41) is 3.26. The fraction of sp³-hybridized carbons (Fsp3) is 0.700. The van der Waals surface area contributed by atoms with Gasteiger partial charge in [-0.3, -0.25) is 4.68 Å². The lowest BCUT2D eigenvalue weighted by Gasteiger charge is -2.01. The van der Waals surface area contributed by atoms with Crippen LogP contribution in [0.3, 0.4) is 0 Å². The molecule has 0 radical (unpaired) electrons. The first-order valence-electron chi connectivity index (χ1n) is 5.10. The number of aryl methyl sites for hydroxylation is 1. The maximum Gasteiger partial charge on any atom is 0.435 e. The lowest BCUT2D eigenvalue weighted by Crippen LogP contribution is -2.08. The van der Waals surface area contributed by atoms with Gasteiger partial charge in [0.05, 0.1) is 0 Å². The highest BCUT2D eigenvalue weighted by Crippen LogP contribution is 2.33. The first-order chi connectivity index (χ1) is 7.34. The van der Waals surface area contributed by atoms with Crippen LogP contribution in [0.25, 0.3) is 0 Å². The zero-order valence-electron chi connectivity index (χ0n) is 10.4. The van der Waals surface area contributed by atoms with Crippen LogP contribution in [0.2, 0.25) is 5.15 Å². The number of nitrogens with zero attached hydrogens (tertiary/aromatic N) is 2. The molecule has 0 unspecified atom stereocenters. The van der Waals surface area contributed by atoms with Crippen molar-refractivity contribution in [3.8, 4) is 0 Å². The third-order valence-electron chi connectivity index (χ3n) is 1.47. The van der Waals surface area contributed by atoms with Crippen molar-refractivity contribution in [2.45, 2.75) is 40.8 Å². The van der Waals surface area contributed by atoms with Crippen LogP contribution in [0.4, 0.5) is 13.2 Å². The van der Waals surface area contributed by atoms with Crippen LogP contribution < -0.4 is 0 Å². The van der Waals surface area contributed by atoms with Crippen LogP contribution in [0, 0.1) is 6.92 Å². The highest BCUT2D eigenvalue weighted by Gasteiger charge is 2.37. The molecule has 0 N–H and O–H groups in total. The number of alkyl halides is 3. The van der Waals surface area contributed by atoms with Gasteiger partial charge in [0.1, 0.15) is 5.15 Å². The minimum absolute atomic E-state index is 0.0160. The van der Waals surface area contributed by atoms with Crippen molar-refractivity contribution in [2.24, 2.45) is 7.05 Å². The number of aromatic nitrogens is 2. The Morgan fingerprint density at radius 3 is 1.62 bits per heavy atom. The van der Waals surface area contributed by atoms with Crippen molar-refractivity contribution >= 4 is 11.6 Å². The molecule has 96 valence electrons. The second kappa shape index (κ2) is 7.54. The van der Waals surface area contributed by atoms with E-state index in [2.05, 4.69) is 5.10 Å². The Kier molecular flexibility index (Phi) is 8.34. The van der Waals surface area contributed by atoms with E-state index in [0.29, 0.717) is 0 Å². The number of rotatable bonds is 0. The van der Waals surface area contributed by atoms with Gasteiger partial charge in [0.15, 0.2) is 5.69 Å². The van der Waals surface area contributed by atoms with Gasteiger partial charge in [0.2, 0.25) is 0 Å². The SMILES string of the molecule is CC.CC.Cc1c(C(F)(F)F)nn(C)c1Cl. The third-order valence-corrected chi connectivity index (χ3v) is 2.00. The summed E-state index contributed by atoms with van der Waals surface area (Å²) in [6.07, 6.45) is -4.42. The van der Waals surface area contributed by atoms with Crippen molar-refractivity contribution in [2.75, 3.05) is 0 Å². The number of hydrogen-bond donors (Lipinski definition) is 0. The summed E-state index contributed by atoms with van der Waals surface area (Å²) < 4.78 is 37.3. The summed E-state index contributed by atoms with van der Waals surface area (Å²) in [4.78, 5) is 0. The Balaban J connectivity index is 0. The van der Waals surface area contributed by atoms with Gasteiger partial charge in [-0.25, -0.2) is 0 Å². The van der Waals surface area contributed by atoms with Gasteiger partial charge in [-0.15, -0.1) is 0 Å². The van der Waals surface area contributed by atoms with Crippen LogP contribution in [0.1, 0.15) is 39.0 Å². The fourth-order valence-electron chi connectivity index (χ4n) is 0.879. The van der Waals surface area contributed by atoms with Gasteiger partial charge < -0.3 is 0 Å². The highest BCUT2D eigenvalue weighted by atomic mass is 35.5. The molecule has 0 aliphatic heterocycles. The Hall–Kier alpha value is -0.710. The Bertz CT molecular complexity index is 306. The standard InChI is InChI=1S/C6H6ClF3N2.2C2H6/c1-3-4(6(8,9)10)11-12(2)5(3)7;2*1-2/h1-2H3;2*1-2H3. The largest absolute Gasteiger partial charge is 0.435 e. The van der Waals surface area contributed by atoms with Crippen LogP contribution in [-0.2, 0) is 13.2 Å². The fourth-order valence-corrected chi connectivity index (χ4v) is 1.01. The van der Waals surface area contributed by atoms with Crippen LogP contribution in [0.15, 0.2) is 0 Å². The third kappa shape index (κ3) is 4.43. The first-order valence-corrected chi connectivity index (χ1v) is 5.48. The van der Waals surface area contributed by atoms with Crippen molar-refractivity contribution < 1.29 is 13.2 Å². The van der Waals surface area contributed by atoms with E-state index in [1.54, 1.807) is 0 Å². The van der Waals surface area contributed by atoms with Gasteiger partial charge in [-0.2, -0.15) is 18.3 Å². The number of halogens is 4. The van der Waals surface area contributed by atoms with E-state index in [1.165, 1.54) is 14.0 Å². The second-order valence-corrected chi connectivity index (χ2v) is 2.74. The molecule has 0 aliphatic carbocycles. The molecule has 0 spiro atoms. The average molecular weight is 259 g/mol. The Morgan fingerprint density at radius 2 is 1.50 bits per heavy atom. The molecule has 16 heavy (non-hydrogen) atoms. The summed E-state index contributed by atoms with van der Waals surface area (Å²) in [7, 11) is 1.37. The van der Waals surface area contributed by atoms with E-state index >= 15 is 0 Å². The summed E-state index contributed by atoms with van der Waals surface area (Å²) in [6.45, 7) is 9.29. The maximum absolute atomic E-state index is 12.1. The minimum atomic E-state index is -4.42. The van der Waals surface area contributed by atoms with E-state index in [-0.39, 0.29) is 10.7 Å². The molecule has 0 saturated heterocycles. The van der Waals surface area contributed by atoms with Crippen LogP contribution >= 0.6 is 11.6 Å². The highest BCUT2D eigenvalue weighted by molar-refractivity contribution is 6.30. The smallest absolute Gasteiger partial charge is 0.256 e. The molecule has 0 atom stereocenters. The van der Waals surface area contributed by atoms with Crippen LogP contribution in [-0.4, -0.2) is 9.78 Å². The van der Waals surface area contributed by atoms with Gasteiger partial charge in [-0.1, -0.05) is 39.3 Å². The zero-order valence-corrected chi connectivity index (χ0v) is 11.2. The molecule has 0 aliphatic rings. The maximum atomic E-state index is 12.1. The van der Waals surface area contributed by atoms with Gasteiger partial charge in [0.25, 0.3) is 0 Å². The molecule has 6 heteroatoms. The summed E-state index contributed by atoms with van der Waals surface area (Å²) >= 11 is 5.50. The van der Waals surface area contributed by atoms with Gasteiger partial charge in [0, 0.05) is 12.6 Å². The number of hydrogen-bond acceptors (Lipinski definition) is 1. The van der Waals surface area contributed by atoms with Crippen molar-refractivity contribution in [3.05, 3.63) is 16.4 Å². The van der Waals surface area contributed by atoms with E-state index in [0.717, 1.165) is 4.68 Å². The molecule has 0 aromatic carbocycles. The van der Waals surface area contributed by atoms with Crippen molar-refractivity contribution in [1.29, 1.82) is 0 Å². The summed E-state index contributed by atoms with van der Waals surface area (Å²) in [6, 6.07) is 0. The van der Waals surface area contributed by atoms with E-state index in [9.17, 15) is 13.2 Å². The van der Waals surface area contributed by atoms with Crippen LogP contribution in [0.5, 0.6) is 0 Å². The summed E-state index contributed by atoms with van der Waals surface area (Å²) in [5.74, 6) is 0. The molecule has 2 nitrogen and oxygen atoms in total. The summed E-state index contributed by atoms with van der Waals surface area (Å²) in [5.41, 5.74) is -0.957. The molecule has 0 bridgehead atoms. The zero-order chi connectivity index (χ0) is 13.5. The lowest BCUT2D eigenvalue weighted by molar-refractivity contribution is -0.141. The molecular formula is C10H18ClF3N2. The Labute approximate surface area is 99.4 Å². The minimum Gasteiger partial charge on any atom is -0.256 e. The molecule has 1 aromatic heterocycles. The quantitative estimate of drug-likeness (QED) is 0.672. The molecular weight excluding hydrogens is 241 g/mol. The van der Waals surface area contributed by atoms with Crippen molar-refractivity contribution in [3.63, 3.8) is 0 Å². The monoisotopic (exact) mass is 258 g/mol. The predicted molar refractivity (Wildman–Crippen MR) is 60.7 cm³/mol. The topological polar surface area (TPSA) is 17.8 Å². The molecule has 1 rings (SSSR count). The first kappa shape index (κ1) is 17.7. The predicted octanol–water partition coefficient (Wildman–Crippen LogP) is 4.45. The van der Waals surface area contributed by atoms with E-state index < -0.39 is 11.9 Å². The Morgan fingerprint density at radius 1 is 1.12 bits per heavy atom. The van der Waals surface area contributed by atoms with E-state index in [1.807, 2.05) is 27.7 Å². The normalized spacial score (nSPS) is 9.88. The van der Waals surface area contributed by atoms with E-state index in [4.69, 9.17) is 11.6 Å².